The number of aryl methyl sites for hydroxylation is 2. The number of hydrogen-bond donors (Lipinski definition) is 1. The average Bonchev–Trinajstić information content (AvgIpc) is 2.15. The maximum Gasteiger partial charge on any atom is 0.331 e. The minimum atomic E-state index is -0.854. The zero-order valence-electron chi connectivity index (χ0n) is 9.59. The fourth-order valence-corrected chi connectivity index (χ4v) is 1.60. The number of hydrogen-bond acceptors (Lipinski definition) is 1. The van der Waals surface area contributed by atoms with Gasteiger partial charge in [0.2, 0.25) is 0 Å². The second-order valence-electron chi connectivity index (χ2n) is 3.87. The molecule has 0 amide bonds. The highest BCUT2D eigenvalue weighted by Crippen LogP contribution is 2.22. The lowest BCUT2D eigenvalue weighted by Gasteiger charge is -2.09. The molecular weight excluding hydrogens is 188 g/mol. The van der Waals surface area contributed by atoms with Gasteiger partial charge in [-0.05, 0) is 44.4 Å². The third-order valence-corrected chi connectivity index (χ3v) is 2.67. The summed E-state index contributed by atoms with van der Waals surface area (Å²) in [7, 11) is 0. The van der Waals surface area contributed by atoms with E-state index in [2.05, 4.69) is 6.07 Å². The first-order valence-electron chi connectivity index (χ1n) is 4.92. The first-order chi connectivity index (χ1) is 6.93. The summed E-state index contributed by atoms with van der Waals surface area (Å²) in [5.41, 5.74) is 4.56. The summed E-state index contributed by atoms with van der Waals surface area (Å²) in [6.45, 7) is 7.51. The van der Waals surface area contributed by atoms with E-state index in [1.54, 1.807) is 6.92 Å². The standard InChI is InChI=1S/C13H16O2/c1-8-5-6-12(9(2)7-8)10(3)11(4)13(14)15/h5-7H,1-4H3,(H,14,15). The Morgan fingerprint density at radius 2 is 1.80 bits per heavy atom. The van der Waals surface area contributed by atoms with Gasteiger partial charge in [-0.1, -0.05) is 23.8 Å². The van der Waals surface area contributed by atoms with Crippen molar-refractivity contribution in [1.29, 1.82) is 0 Å². The number of aliphatic carboxylic acids is 1. The van der Waals surface area contributed by atoms with E-state index in [0.717, 1.165) is 16.7 Å². The SMILES string of the molecule is CC(C(=O)O)=C(C)c1ccc(C)cc1C. The van der Waals surface area contributed by atoms with Crippen molar-refractivity contribution in [2.45, 2.75) is 27.7 Å². The molecule has 0 aliphatic heterocycles. The molecule has 0 unspecified atom stereocenters. The van der Waals surface area contributed by atoms with Crippen LogP contribution < -0.4 is 0 Å². The van der Waals surface area contributed by atoms with Gasteiger partial charge in [-0.15, -0.1) is 0 Å². The van der Waals surface area contributed by atoms with Crippen molar-refractivity contribution < 1.29 is 9.90 Å². The molecule has 0 atom stereocenters. The monoisotopic (exact) mass is 204 g/mol. The number of allylic oxidation sites excluding steroid dienone is 1. The van der Waals surface area contributed by atoms with Crippen LogP contribution in [0.5, 0.6) is 0 Å². The van der Waals surface area contributed by atoms with Crippen molar-refractivity contribution in [3.8, 4) is 0 Å². The topological polar surface area (TPSA) is 37.3 Å². The van der Waals surface area contributed by atoms with Gasteiger partial charge in [0.1, 0.15) is 0 Å². The van der Waals surface area contributed by atoms with E-state index in [1.807, 2.05) is 32.9 Å². The Bertz CT molecular complexity index is 428. The van der Waals surface area contributed by atoms with Crippen LogP contribution in [0.4, 0.5) is 0 Å². The van der Waals surface area contributed by atoms with Crippen molar-refractivity contribution in [3.05, 3.63) is 40.5 Å². The molecule has 0 fully saturated rings. The number of carboxylic acids is 1. The third kappa shape index (κ3) is 2.46. The van der Waals surface area contributed by atoms with Gasteiger partial charge in [-0.25, -0.2) is 4.79 Å². The number of benzene rings is 1. The van der Waals surface area contributed by atoms with Crippen LogP contribution in [0, 0.1) is 13.8 Å². The molecule has 15 heavy (non-hydrogen) atoms. The smallest absolute Gasteiger partial charge is 0.331 e. The highest BCUT2D eigenvalue weighted by molar-refractivity contribution is 5.95. The highest BCUT2D eigenvalue weighted by Gasteiger charge is 2.08. The Balaban J connectivity index is 3.29. The van der Waals surface area contributed by atoms with Gasteiger partial charge < -0.3 is 5.11 Å². The van der Waals surface area contributed by atoms with E-state index < -0.39 is 5.97 Å². The Morgan fingerprint density at radius 3 is 2.27 bits per heavy atom. The van der Waals surface area contributed by atoms with Gasteiger partial charge in [0.15, 0.2) is 0 Å². The Kier molecular flexibility index (Phi) is 3.30. The van der Waals surface area contributed by atoms with Gasteiger partial charge in [-0.2, -0.15) is 0 Å². The summed E-state index contributed by atoms with van der Waals surface area (Å²) >= 11 is 0. The second kappa shape index (κ2) is 4.30. The van der Waals surface area contributed by atoms with Crippen LogP contribution in [-0.2, 0) is 4.79 Å². The van der Waals surface area contributed by atoms with Crippen LogP contribution in [0.3, 0.4) is 0 Å². The predicted molar refractivity (Wildman–Crippen MR) is 61.8 cm³/mol. The third-order valence-electron chi connectivity index (χ3n) is 2.67. The molecule has 0 radical (unpaired) electrons. The molecule has 0 aliphatic carbocycles. The zero-order valence-corrected chi connectivity index (χ0v) is 9.59. The molecule has 0 aromatic heterocycles. The molecule has 0 aliphatic rings. The van der Waals surface area contributed by atoms with Gasteiger partial charge in [0.25, 0.3) is 0 Å². The Hall–Kier alpha value is -1.57. The Labute approximate surface area is 90.3 Å². The van der Waals surface area contributed by atoms with E-state index in [-0.39, 0.29) is 0 Å². The van der Waals surface area contributed by atoms with Crippen molar-refractivity contribution >= 4 is 11.5 Å². The maximum atomic E-state index is 10.8. The van der Waals surface area contributed by atoms with E-state index in [0.29, 0.717) is 5.57 Å². The van der Waals surface area contributed by atoms with E-state index >= 15 is 0 Å². The van der Waals surface area contributed by atoms with Crippen molar-refractivity contribution in [1.82, 2.24) is 0 Å². The van der Waals surface area contributed by atoms with E-state index in [9.17, 15) is 4.79 Å². The molecule has 0 saturated carbocycles. The first kappa shape index (κ1) is 11.5. The fourth-order valence-electron chi connectivity index (χ4n) is 1.60. The summed E-state index contributed by atoms with van der Waals surface area (Å²) in [6, 6.07) is 6.04. The molecule has 80 valence electrons. The van der Waals surface area contributed by atoms with Crippen molar-refractivity contribution in [2.24, 2.45) is 0 Å². The second-order valence-corrected chi connectivity index (χ2v) is 3.87. The van der Waals surface area contributed by atoms with Crippen molar-refractivity contribution in [2.75, 3.05) is 0 Å². The summed E-state index contributed by atoms with van der Waals surface area (Å²) in [6.07, 6.45) is 0. The molecular formula is C13H16O2. The quantitative estimate of drug-likeness (QED) is 0.751. The normalized spacial score (nSPS) is 12.3. The molecule has 1 rings (SSSR count). The van der Waals surface area contributed by atoms with E-state index in [1.165, 1.54) is 5.56 Å². The van der Waals surface area contributed by atoms with Crippen LogP contribution in [0.15, 0.2) is 23.8 Å². The molecule has 1 aromatic carbocycles. The lowest BCUT2D eigenvalue weighted by molar-refractivity contribution is -0.132. The van der Waals surface area contributed by atoms with Crippen LogP contribution in [-0.4, -0.2) is 11.1 Å². The molecule has 2 heteroatoms. The molecule has 0 bridgehead atoms. The lowest BCUT2D eigenvalue weighted by Crippen LogP contribution is -2.00. The van der Waals surface area contributed by atoms with Crippen LogP contribution in [0.25, 0.3) is 5.57 Å². The van der Waals surface area contributed by atoms with E-state index in [4.69, 9.17) is 5.11 Å². The van der Waals surface area contributed by atoms with Gasteiger partial charge in [-0.3, -0.25) is 0 Å². The molecule has 0 spiro atoms. The Morgan fingerprint density at radius 1 is 1.20 bits per heavy atom. The number of carboxylic acid groups (broad SMARTS) is 1. The van der Waals surface area contributed by atoms with Crippen LogP contribution in [0.1, 0.15) is 30.5 Å². The maximum absolute atomic E-state index is 10.8. The highest BCUT2D eigenvalue weighted by atomic mass is 16.4. The molecule has 1 N–H and O–H groups in total. The zero-order chi connectivity index (χ0) is 11.6. The van der Waals surface area contributed by atoms with Crippen LogP contribution >= 0.6 is 0 Å². The predicted octanol–water partition coefficient (Wildman–Crippen LogP) is 3.18. The van der Waals surface area contributed by atoms with Gasteiger partial charge >= 0.3 is 5.97 Å². The molecule has 0 saturated heterocycles. The number of rotatable bonds is 2. The minimum absolute atomic E-state index is 0.405. The summed E-state index contributed by atoms with van der Waals surface area (Å²) in [4.78, 5) is 10.8. The van der Waals surface area contributed by atoms with Gasteiger partial charge in [0.05, 0.1) is 0 Å². The molecule has 0 heterocycles. The van der Waals surface area contributed by atoms with Crippen molar-refractivity contribution in [3.63, 3.8) is 0 Å². The van der Waals surface area contributed by atoms with Gasteiger partial charge in [0, 0.05) is 5.57 Å². The average molecular weight is 204 g/mol. The molecule has 2 nitrogen and oxygen atoms in total. The number of carbonyl (C=O) groups is 1. The van der Waals surface area contributed by atoms with Crippen LogP contribution in [0.2, 0.25) is 0 Å². The minimum Gasteiger partial charge on any atom is -0.478 e. The largest absolute Gasteiger partial charge is 0.478 e. The fraction of sp³-hybridized carbons (Fsp3) is 0.308. The summed E-state index contributed by atoms with van der Waals surface area (Å²) in [5, 5.41) is 8.90. The first-order valence-corrected chi connectivity index (χ1v) is 4.92. The lowest BCUT2D eigenvalue weighted by atomic mass is 9.96. The summed E-state index contributed by atoms with van der Waals surface area (Å²) < 4.78 is 0. The molecule has 1 aromatic rings. The summed E-state index contributed by atoms with van der Waals surface area (Å²) in [5.74, 6) is -0.854.